The van der Waals surface area contributed by atoms with Crippen LogP contribution < -0.4 is 5.32 Å². The first kappa shape index (κ1) is 28.3. The van der Waals surface area contributed by atoms with Crippen molar-refractivity contribution in [1.29, 1.82) is 0 Å². The lowest BCUT2D eigenvalue weighted by Gasteiger charge is -2.36. The number of nitrogens with one attached hydrogen (secondary N) is 1. The quantitative estimate of drug-likeness (QED) is 0.275. The number of hydrogen-bond acceptors (Lipinski definition) is 7. The van der Waals surface area contributed by atoms with E-state index in [1.807, 2.05) is 32.0 Å². The first-order chi connectivity index (χ1) is 17.3. The average molecular weight is 539 g/mol. The summed E-state index contributed by atoms with van der Waals surface area (Å²) in [5, 5.41) is 28.8. The van der Waals surface area contributed by atoms with Gasteiger partial charge < -0.3 is 20.6 Å². The van der Waals surface area contributed by atoms with Gasteiger partial charge in [-0.25, -0.2) is 19.7 Å². The van der Waals surface area contributed by atoms with Crippen molar-refractivity contribution in [1.82, 2.24) is 15.0 Å². The van der Waals surface area contributed by atoms with E-state index < -0.39 is 23.6 Å². The summed E-state index contributed by atoms with van der Waals surface area (Å²) < 4.78 is 38.9. The Balaban J connectivity index is 0.000000886. The molecule has 0 spiro atoms. The summed E-state index contributed by atoms with van der Waals surface area (Å²) in [6.07, 6.45) is 0.746. The van der Waals surface area contributed by atoms with Crippen LogP contribution in [0.3, 0.4) is 0 Å². The Morgan fingerprint density at radius 2 is 1.86 bits per heavy atom. The van der Waals surface area contributed by atoms with Crippen molar-refractivity contribution in [2.24, 2.45) is 11.8 Å². The second-order valence-corrected chi connectivity index (χ2v) is 10.4. The molecular formula is C25H29F3N4O4S. The van der Waals surface area contributed by atoms with E-state index in [4.69, 9.17) is 15.0 Å². The zero-order valence-electron chi connectivity index (χ0n) is 20.6. The van der Waals surface area contributed by atoms with Crippen LogP contribution in [0.25, 0.3) is 10.4 Å². The van der Waals surface area contributed by atoms with Crippen molar-refractivity contribution >= 4 is 29.1 Å². The number of rotatable bonds is 5. The second kappa shape index (κ2) is 11.4. The number of aliphatic hydroxyl groups is 1. The summed E-state index contributed by atoms with van der Waals surface area (Å²) in [5.74, 6) is 0.645. The van der Waals surface area contributed by atoms with Crippen LogP contribution >= 0.6 is 11.3 Å². The lowest BCUT2D eigenvalue weighted by Crippen LogP contribution is -2.34. The highest BCUT2D eigenvalue weighted by Crippen LogP contribution is 2.43. The van der Waals surface area contributed by atoms with Gasteiger partial charge in [-0.1, -0.05) is 25.8 Å². The van der Waals surface area contributed by atoms with Crippen molar-refractivity contribution in [2.45, 2.75) is 58.2 Å². The van der Waals surface area contributed by atoms with Crippen LogP contribution in [0.5, 0.6) is 0 Å². The molecule has 2 aromatic heterocycles. The van der Waals surface area contributed by atoms with Crippen molar-refractivity contribution < 1.29 is 33.3 Å². The number of hydrogen-bond donors (Lipinski definition) is 4. The molecule has 4 rings (SSSR count). The first-order valence-corrected chi connectivity index (χ1v) is 12.5. The van der Waals surface area contributed by atoms with Crippen LogP contribution in [0.15, 0.2) is 36.7 Å². The van der Waals surface area contributed by atoms with Gasteiger partial charge in [-0.15, -0.1) is 11.3 Å². The number of thiazole rings is 1. The summed E-state index contributed by atoms with van der Waals surface area (Å²) in [7, 11) is 0. The number of aryl methyl sites for hydroxylation is 1. The Morgan fingerprint density at radius 1 is 1.16 bits per heavy atom. The van der Waals surface area contributed by atoms with Gasteiger partial charge in [-0.3, -0.25) is 0 Å². The number of alkyl halides is 3. The molecule has 0 aliphatic heterocycles. The molecule has 1 aliphatic carbocycles. The third-order valence-corrected chi connectivity index (χ3v) is 7.51. The maximum Gasteiger partial charge on any atom is 0.503 e. The maximum absolute atomic E-state index is 13.0. The molecule has 0 amide bonds. The fourth-order valence-electron chi connectivity index (χ4n) is 4.46. The van der Waals surface area contributed by atoms with E-state index in [9.17, 15) is 18.3 Å². The van der Waals surface area contributed by atoms with Gasteiger partial charge in [0.15, 0.2) is 0 Å². The van der Waals surface area contributed by atoms with E-state index in [2.05, 4.69) is 27.2 Å². The standard InChI is InChI=1S/C24H27F3N4OS.CH2O3/c1-14-5-4-6-17(10-14)23(3,32)21-29-13-19(33-21)16-9-15(2)11-18(12-16)30-22-28-8-7-20(31-22)24(25,26)27;2-1(3)4/h7-9,11-14,17,32H,4-6,10H2,1-3H3,(H,28,30,31);(H2,2,3,4). The van der Waals surface area contributed by atoms with Gasteiger partial charge in [-0.05, 0) is 67.9 Å². The van der Waals surface area contributed by atoms with Gasteiger partial charge in [0.25, 0.3) is 0 Å². The number of carboxylic acid groups (broad SMARTS) is 2. The minimum Gasteiger partial charge on any atom is -0.450 e. The number of anilines is 2. The molecule has 4 N–H and O–H groups in total. The van der Waals surface area contributed by atoms with Crippen LogP contribution in [0.4, 0.5) is 29.6 Å². The first-order valence-electron chi connectivity index (χ1n) is 11.7. The second-order valence-electron chi connectivity index (χ2n) is 9.40. The molecule has 0 radical (unpaired) electrons. The zero-order valence-corrected chi connectivity index (χ0v) is 21.4. The predicted octanol–water partition coefficient (Wildman–Crippen LogP) is 6.93. The predicted molar refractivity (Wildman–Crippen MR) is 134 cm³/mol. The SMILES string of the molecule is Cc1cc(Nc2nccc(C(F)(F)F)n2)cc(-c2cnc(C(C)(O)C3CCCC(C)C3)s2)c1.O=C(O)O. The third-order valence-electron chi connectivity index (χ3n) is 6.23. The number of halogens is 3. The van der Waals surface area contributed by atoms with E-state index in [0.717, 1.165) is 47.5 Å². The Bertz CT molecular complexity index is 1230. The van der Waals surface area contributed by atoms with E-state index in [0.29, 0.717) is 16.6 Å². The number of carbonyl (C=O) groups is 1. The van der Waals surface area contributed by atoms with E-state index in [-0.39, 0.29) is 11.9 Å². The molecule has 3 atom stereocenters. The average Bonchev–Trinajstić information content (AvgIpc) is 3.29. The van der Waals surface area contributed by atoms with Gasteiger partial charge in [0, 0.05) is 18.1 Å². The molecule has 1 saturated carbocycles. The third kappa shape index (κ3) is 7.62. The Morgan fingerprint density at radius 3 is 2.51 bits per heavy atom. The minimum atomic E-state index is -4.54. The molecule has 3 unspecified atom stereocenters. The molecular weight excluding hydrogens is 509 g/mol. The van der Waals surface area contributed by atoms with Crippen LogP contribution in [0, 0.1) is 18.8 Å². The molecule has 1 fully saturated rings. The van der Waals surface area contributed by atoms with Gasteiger partial charge in [-0.2, -0.15) is 13.2 Å². The van der Waals surface area contributed by atoms with Crippen LogP contribution in [0.2, 0.25) is 0 Å². The molecule has 200 valence electrons. The normalized spacial score (nSPS) is 19.3. The monoisotopic (exact) mass is 538 g/mol. The highest BCUT2D eigenvalue weighted by Gasteiger charge is 2.38. The molecule has 0 saturated heterocycles. The van der Waals surface area contributed by atoms with Crippen molar-refractivity contribution in [3.8, 4) is 10.4 Å². The molecule has 8 nitrogen and oxygen atoms in total. The molecule has 0 bridgehead atoms. The molecule has 2 heterocycles. The van der Waals surface area contributed by atoms with Crippen LogP contribution in [-0.4, -0.2) is 36.4 Å². The van der Waals surface area contributed by atoms with E-state index in [1.165, 1.54) is 17.8 Å². The molecule has 1 aliphatic rings. The number of aromatic nitrogens is 3. The van der Waals surface area contributed by atoms with Gasteiger partial charge in [0.1, 0.15) is 16.3 Å². The zero-order chi connectivity index (χ0) is 27.4. The lowest BCUT2D eigenvalue weighted by molar-refractivity contribution is -0.141. The minimum absolute atomic E-state index is 0.124. The Labute approximate surface area is 216 Å². The van der Waals surface area contributed by atoms with Crippen molar-refractivity contribution in [3.05, 3.63) is 52.9 Å². The summed E-state index contributed by atoms with van der Waals surface area (Å²) in [6.45, 7) is 5.99. The summed E-state index contributed by atoms with van der Waals surface area (Å²) in [6, 6.07) is 6.46. The van der Waals surface area contributed by atoms with E-state index >= 15 is 0 Å². The Hall–Kier alpha value is -3.25. The topological polar surface area (TPSA) is 128 Å². The van der Waals surface area contributed by atoms with Crippen molar-refractivity contribution in [3.63, 3.8) is 0 Å². The summed E-state index contributed by atoms with van der Waals surface area (Å²) >= 11 is 1.45. The largest absolute Gasteiger partial charge is 0.503 e. The highest BCUT2D eigenvalue weighted by molar-refractivity contribution is 7.15. The highest BCUT2D eigenvalue weighted by atomic mass is 32.1. The lowest BCUT2D eigenvalue weighted by atomic mass is 9.74. The fourth-order valence-corrected chi connectivity index (χ4v) is 5.49. The summed E-state index contributed by atoms with van der Waals surface area (Å²) in [5.41, 5.74) is 0.367. The van der Waals surface area contributed by atoms with Crippen LogP contribution in [0.1, 0.15) is 55.8 Å². The molecule has 1 aromatic carbocycles. The van der Waals surface area contributed by atoms with Gasteiger partial charge >= 0.3 is 12.3 Å². The van der Waals surface area contributed by atoms with Crippen molar-refractivity contribution in [2.75, 3.05) is 5.32 Å². The number of nitrogens with zero attached hydrogens (tertiary/aromatic N) is 3. The maximum atomic E-state index is 13.0. The molecule has 12 heteroatoms. The van der Waals surface area contributed by atoms with Gasteiger partial charge in [0.05, 0.1) is 4.88 Å². The number of benzene rings is 1. The van der Waals surface area contributed by atoms with E-state index in [1.54, 1.807) is 6.20 Å². The summed E-state index contributed by atoms with van der Waals surface area (Å²) in [4.78, 5) is 21.5. The fraction of sp³-hybridized carbons (Fsp3) is 0.440. The molecule has 3 aromatic rings. The molecule has 37 heavy (non-hydrogen) atoms. The van der Waals surface area contributed by atoms with Crippen LogP contribution in [-0.2, 0) is 11.8 Å². The van der Waals surface area contributed by atoms with Gasteiger partial charge in [0.2, 0.25) is 5.95 Å². The smallest absolute Gasteiger partial charge is 0.450 e. The Kier molecular flexibility index (Phi) is 8.75.